The van der Waals surface area contributed by atoms with E-state index in [0.29, 0.717) is 23.1 Å². The van der Waals surface area contributed by atoms with Crippen LogP contribution in [-0.4, -0.2) is 29.8 Å². The molecule has 1 heterocycles. The van der Waals surface area contributed by atoms with Gasteiger partial charge in [0.15, 0.2) is 5.69 Å². The Bertz CT molecular complexity index is 652. The smallest absolute Gasteiger partial charge is 0.272 e. The van der Waals surface area contributed by atoms with Gasteiger partial charge in [0.2, 0.25) is 0 Å². The molecule has 0 bridgehead atoms. The van der Waals surface area contributed by atoms with Crippen LogP contribution >= 0.6 is 15.9 Å². The Morgan fingerprint density at radius 1 is 1.43 bits per heavy atom. The lowest BCUT2D eigenvalue weighted by molar-refractivity contribution is 0.0948. The standard InChI is InChI=1S/C15H18BrN3O2/c1-9-4-5-12(21-3)11(8-9)6-7-17-15(20)14-13(16)10(2)18-19-14/h4-5,8H,6-7H2,1-3H3,(H,17,20)(H,18,19). The Labute approximate surface area is 132 Å². The van der Waals surface area contributed by atoms with Gasteiger partial charge in [-0.3, -0.25) is 9.89 Å². The van der Waals surface area contributed by atoms with Gasteiger partial charge in [0.05, 0.1) is 11.6 Å². The first kappa shape index (κ1) is 15.6. The molecular weight excluding hydrogens is 334 g/mol. The highest BCUT2D eigenvalue weighted by Crippen LogP contribution is 2.20. The first-order valence-corrected chi connectivity index (χ1v) is 7.44. The van der Waals surface area contributed by atoms with Crippen molar-refractivity contribution in [1.29, 1.82) is 0 Å². The molecule has 5 nitrogen and oxygen atoms in total. The summed E-state index contributed by atoms with van der Waals surface area (Å²) in [5.41, 5.74) is 3.46. The quantitative estimate of drug-likeness (QED) is 0.870. The predicted octanol–water partition coefficient (Wildman–Crippen LogP) is 2.77. The minimum Gasteiger partial charge on any atom is -0.496 e. The maximum atomic E-state index is 12.0. The molecule has 1 amide bonds. The second kappa shape index (κ2) is 6.76. The summed E-state index contributed by atoms with van der Waals surface area (Å²) in [6.45, 7) is 4.41. The van der Waals surface area contributed by atoms with Crippen LogP contribution in [0.15, 0.2) is 22.7 Å². The van der Waals surface area contributed by atoms with E-state index in [-0.39, 0.29) is 5.91 Å². The third-order valence-electron chi connectivity index (χ3n) is 3.20. The van der Waals surface area contributed by atoms with Crippen LogP contribution in [0.1, 0.15) is 27.3 Å². The van der Waals surface area contributed by atoms with Gasteiger partial charge < -0.3 is 10.1 Å². The highest BCUT2D eigenvalue weighted by Gasteiger charge is 2.15. The first-order valence-electron chi connectivity index (χ1n) is 6.65. The van der Waals surface area contributed by atoms with E-state index in [0.717, 1.165) is 17.0 Å². The van der Waals surface area contributed by atoms with Crippen LogP contribution in [-0.2, 0) is 6.42 Å². The number of nitrogens with one attached hydrogen (secondary N) is 2. The molecule has 2 N–H and O–H groups in total. The van der Waals surface area contributed by atoms with Crippen LogP contribution in [0.5, 0.6) is 5.75 Å². The Morgan fingerprint density at radius 3 is 2.81 bits per heavy atom. The van der Waals surface area contributed by atoms with Crippen molar-refractivity contribution in [3.63, 3.8) is 0 Å². The van der Waals surface area contributed by atoms with Gasteiger partial charge >= 0.3 is 0 Å². The van der Waals surface area contributed by atoms with Crippen molar-refractivity contribution >= 4 is 21.8 Å². The molecule has 2 aromatic rings. The number of carbonyl (C=O) groups excluding carboxylic acids is 1. The van der Waals surface area contributed by atoms with Crippen LogP contribution in [0.2, 0.25) is 0 Å². The van der Waals surface area contributed by atoms with Crippen molar-refractivity contribution in [2.75, 3.05) is 13.7 Å². The molecule has 0 fully saturated rings. The van der Waals surface area contributed by atoms with Crippen LogP contribution in [0.25, 0.3) is 0 Å². The second-order valence-corrected chi connectivity index (χ2v) is 5.63. The van der Waals surface area contributed by atoms with E-state index in [4.69, 9.17) is 4.74 Å². The molecule has 0 saturated carbocycles. The Kier molecular flexibility index (Phi) is 5.01. The van der Waals surface area contributed by atoms with E-state index >= 15 is 0 Å². The number of aryl methyl sites for hydroxylation is 2. The number of halogens is 1. The van der Waals surface area contributed by atoms with Crippen molar-refractivity contribution in [2.45, 2.75) is 20.3 Å². The van der Waals surface area contributed by atoms with Crippen molar-refractivity contribution in [1.82, 2.24) is 15.5 Å². The molecule has 0 radical (unpaired) electrons. The number of ether oxygens (including phenoxy) is 1. The fourth-order valence-corrected chi connectivity index (χ4v) is 2.42. The van der Waals surface area contributed by atoms with Gasteiger partial charge in [-0.25, -0.2) is 0 Å². The normalized spacial score (nSPS) is 10.5. The van der Waals surface area contributed by atoms with E-state index < -0.39 is 0 Å². The van der Waals surface area contributed by atoms with Crippen molar-refractivity contribution < 1.29 is 9.53 Å². The van der Waals surface area contributed by atoms with E-state index in [1.165, 1.54) is 5.56 Å². The first-order chi connectivity index (χ1) is 10.0. The van der Waals surface area contributed by atoms with Crippen LogP contribution in [0.4, 0.5) is 0 Å². The number of amides is 1. The third kappa shape index (κ3) is 3.64. The van der Waals surface area contributed by atoms with E-state index in [1.54, 1.807) is 7.11 Å². The van der Waals surface area contributed by atoms with Gasteiger partial charge in [0, 0.05) is 12.2 Å². The topological polar surface area (TPSA) is 67.0 Å². The van der Waals surface area contributed by atoms with Gasteiger partial charge in [-0.1, -0.05) is 17.7 Å². The number of hydrogen-bond donors (Lipinski definition) is 2. The molecule has 21 heavy (non-hydrogen) atoms. The Balaban J connectivity index is 1.97. The largest absolute Gasteiger partial charge is 0.496 e. The van der Waals surface area contributed by atoms with Gasteiger partial charge in [-0.15, -0.1) is 0 Å². The van der Waals surface area contributed by atoms with Gasteiger partial charge in [0.1, 0.15) is 5.75 Å². The molecule has 0 aliphatic heterocycles. The summed E-state index contributed by atoms with van der Waals surface area (Å²) >= 11 is 3.35. The number of carbonyl (C=O) groups is 1. The fraction of sp³-hybridized carbons (Fsp3) is 0.333. The lowest BCUT2D eigenvalue weighted by Gasteiger charge is -2.10. The zero-order valence-electron chi connectivity index (χ0n) is 12.3. The number of rotatable bonds is 5. The summed E-state index contributed by atoms with van der Waals surface area (Å²) in [7, 11) is 1.65. The Hall–Kier alpha value is -1.82. The molecule has 112 valence electrons. The second-order valence-electron chi connectivity index (χ2n) is 4.83. The van der Waals surface area contributed by atoms with Crippen molar-refractivity contribution in [3.05, 3.63) is 45.2 Å². The van der Waals surface area contributed by atoms with E-state index in [2.05, 4.69) is 37.5 Å². The minimum absolute atomic E-state index is 0.196. The summed E-state index contributed by atoms with van der Waals surface area (Å²) in [5.74, 6) is 0.643. The average Bonchev–Trinajstić information content (AvgIpc) is 2.79. The minimum atomic E-state index is -0.196. The number of methoxy groups -OCH3 is 1. The zero-order chi connectivity index (χ0) is 15.4. The molecule has 0 unspecified atom stereocenters. The maximum absolute atomic E-state index is 12.0. The summed E-state index contributed by atoms with van der Waals surface area (Å²) in [5, 5.41) is 9.62. The molecule has 1 aromatic carbocycles. The van der Waals surface area contributed by atoms with Gasteiger partial charge in [-0.2, -0.15) is 5.10 Å². The van der Waals surface area contributed by atoms with E-state index in [9.17, 15) is 4.79 Å². The molecule has 0 saturated heterocycles. The Morgan fingerprint density at radius 2 is 2.19 bits per heavy atom. The molecule has 1 aromatic heterocycles. The summed E-state index contributed by atoms with van der Waals surface area (Å²) in [6, 6.07) is 6.02. The number of aromatic nitrogens is 2. The molecule has 2 rings (SSSR count). The monoisotopic (exact) mass is 351 g/mol. The lowest BCUT2D eigenvalue weighted by Crippen LogP contribution is -2.26. The van der Waals surface area contributed by atoms with Gasteiger partial charge in [-0.05, 0) is 47.8 Å². The zero-order valence-corrected chi connectivity index (χ0v) is 13.9. The number of H-pyrrole nitrogens is 1. The maximum Gasteiger partial charge on any atom is 0.272 e. The number of hydrogen-bond acceptors (Lipinski definition) is 3. The number of nitrogens with zero attached hydrogens (tertiary/aromatic N) is 1. The number of aromatic amines is 1. The summed E-state index contributed by atoms with van der Waals surface area (Å²) in [6.07, 6.45) is 0.706. The third-order valence-corrected chi connectivity index (χ3v) is 4.17. The van der Waals surface area contributed by atoms with Gasteiger partial charge in [0.25, 0.3) is 5.91 Å². The predicted molar refractivity (Wildman–Crippen MR) is 84.8 cm³/mol. The lowest BCUT2D eigenvalue weighted by atomic mass is 10.1. The molecular formula is C15H18BrN3O2. The highest BCUT2D eigenvalue weighted by atomic mass is 79.9. The molecule has 0 aliphatic carbocycles. The summed E-state index contributed by atoms with van der Waals surface area (Å²) < 4.78 is 6.03. The van der Waals surface area contributed by atoms with Crippen molar-refractivity contribution in [2.24, 2.45) is 0 Å². The molecule has 6 heteroatoms. The molecule has 0 atom stereocenters. The van der Waals surface area contributed by atoms with Crippen LogP contribution < -0.4 is 10.1 Å². The molecule has 0 aliphatic rings. The average molecular weight is 352 g/mol. The fourth-order valence-electron chi connectivity index (χ4n) is 2.06. The van der Waals surface area contributed by atoms with Crippen LogP contribution in [0.3, 0.4) is 0 Å². The number of benzene rings is 1. The van der Waals surface area contributed by atoms with Crippen molar-refractivity contribution in [3.8, 4) is 5.75 Å². The SMILES string of the molecule is COc1ccc(C)cc1CCNC(=O)c1n[nH]c(C)c1Br. The summed E-state index contributed by atoms with van der Waals surface area (Å²) in [4.78, 5) is 12.0. The van der Waals surface area contributed by atoms with E-state index in [1.807, 2.05) is 26.0 Å². The highest BCUT2D eigenvalue weighted by molar-refractivity contribution is 9.10. The van der Waals surface area contributed by atoms with Crippen LogP contribution in [0, 0.1) is 13.8 Å². The molecule has 0 spiro atoms.